The zero-order valence-electron chi connectivity index (χ0n) is 16.9. The third-order valence-electron chi connectivity index (χ3n) is 5.07. The Morgan fingerprint density at radius 2 is 1.77 bits per heavy atom. The summed E-state index contributed by atoms with van der Waals surface area (Å²) in [4.78, 5) is 28.5. The van der Waals surface area contributed by atoms with Gasteiger partial charge in [-0.05, 0) is 43.3 Å². The molecule has 1 heterocycles. The molecular formula is C22H25F2N3O3. The molecule has 2 aromatic carbocycles. The SMILES string of the molecule is COC(=O)c1ccccc1CN1CCCN(CC(=O)Nc2ccc(F)cc2F)CC1. The first-order chi connectivity index (χ1) is 14.5. The fourth-order valence-corrected chi connectivity index (χ4v) is 3.53. The Morgan fingerprint density at radius 3 is 2.53 bits per heavy atom. The molecule has 8 heteroatoms. The third-order valence-corrected chi connectivity index (χ3v) is 5.07. The summed E-state index contributed by atoms with van der Waals surface area (Å²) in [5.41, 5.74) is 1.43. The molecule has 0 spiro atoms. The summed E-state index contributed by atoms with van der Waals surface area (Å²) >= 11 is 0. The molecule has 0 bridgehead atoms. The second kappa shape index (κ2) is 10.3. The molecule has 0 aliphatic carbocycles. The van der Waals surface area contributed by atoms with Crippen LogP contribution in [0, 0.1) is 11.6 Å². The number of hydrogen-bond acceptors (Lipinski definition) is 5. The molecular weight excluding hydrogens is 392 g/mol. The maximum absolute atomic E-state index is 13.7. The average molecular weight is 417 g/mol. The van der Waals surface area contributed by atoms with E-state index >= 15 is 0 Å². The zero-order chi connectivity index (χ0) is 21.5. The lowest BCUT2D eigenvalue weighted by molar-refractivity contribution is -0.117. The van der Waals surface area contributed by atoms with E-state index in [0.717, 1.165) is 43.8 Å². The summed E-state index contributed by atoms with van der Waals surface area (Å²) in [7, 11) is 1.37. The van der Waals surface area contributed by atoms with Crippen LogP contribution in [0.3, 0.4) is 0 Å². The Bertz CT molecular complexity index is 907. The molecule has 0 saturated carbocycles. The van der Waals surface area contributed by atoms with Crippen molar-refractivity contribution >= 4 is 17.6 Å². The maximum Gasteiger partial charge on any atom is 0.338 e. The molecule has 0 radical (unpaired) electrons. The van der Waals surface area contributed by atoms with Gasteiger partial charge in [0.25, 0.3) is 0 Å². The molecule has 6 nitrogen and oxygen atoms in total. The highest BCUT2D eigenvalue weighted by Crippen LogP contribution is 2.16. The highest BCUT2D eigenvalue weighted by Gasteiger charge is 2.20. The number of carbonyl (C=O) groups is 2. The number of carbonyl (C=O) groups excluding carboxylic acids is 2. The van der Waals surface area contributed by atoms with E-state index in [9.17, 15) is 18.4 Å². The van der Waals surface area contributed by atoms with Crippen LogP contribution in [0.25, 0.3) is 0 Å². The number of methoxy groups -OCH3 is 1. The van der Waals surface area contributed by atoms with E-state index < -0.39 is 11.6 Å². The number of nitrogens with zero attached hydrogens (tertiary/aromatic N) is 2. The third kappa shape index (κ3) is 5.84. The molecule has 30 heavy (non-hydrogen) atoms. The molecule has 1 fully saturated rings. The largest absolute Gasteiger partial charge is 0.465 e. The van der Waals surface area contributed by atoms with Crippen molar-refractivity contribution in [3.8, 4) is 0 Å². The van der Waals surface area contributed by atoms with Gasteiger partial charge in [-0.2, -0.15) is 0 Å². The van der Waals surface area contributed by atoms with Gasteiger partial charge in [0.15, 0.2) is 0 Å². The van der Waals surface area contributed by atoms with E-state index in [-0.39, 0.29) is 24.1 Å². The minimum absolute atomic E-state index is 0.0303. The molecule has 1 amide bonds. The van der Waals surface area contributed by atoms with Crippen molar-refractivity contribution < 1.29 is 23.1 Å². The van der Waals surface area contributed by atoms with Crippen molar-refractivity contribution in [2.45, 2.75) is 13.0 Å². The van der Waals surface area contributed by atoms with Crippen LogP contribution in [0.1, 0.15) is 22.3 Å². The predicted molar refractivity (Wildman–Crippen MR) is 109 cm³/mol. The number of halogens is 2. The van der Waals surface area contributed by atoms with Crippen molar-refractivity contribution in [2.75, 3.05) is 45.2 Å². The lowest BCUT2D eigenvalue weighted by atomic mass is 10.1. The second-order valence-electron chi connectivity index (χ2n) is 7.23. The Labute approximate surface area is 174 Å². The summed E-state index contributed by atoms with van der Waals surface area (Å²) in [6.07, 6.45) is 0.860. The van der Waals surface area contributed by atoms with Crippen molar-refractivity contribution in [3.05, 3.63) is 65.2 Å². The monoisotopic (exact) mass is 417 g/mol. The topological polar surface area (TPSA) is 61.9 Å². The Hall–Kier alpha value is -2.84. The fraction of sp³-hybridized carbons (Fsp3) is 0.364. The Balaban J connectivity index is 1.54. The van der Waals surface area contributed by atoms with Crippen LogP contribution in [0.5, 0.6) is 0 Å². The van der Waals surface area contributed by atoms with Gasteiger partial charge in [-0.1, -0.05) is 18.2 Å². The van der Waals surface area contributed by atoms with E-state index in [1.54, 1.807) is 6.07 Å². The number of hydrogen-bond donors (Lipinski definition) is 1. The number of ether oxygens (including phenoxy) is 1. The van der Waals surface area contributed by atoms with Crippen LogP contribution in [-0.2, 0) is 16.1 Å². The van der Waals surface area contributed by atoms with Gasteiger partial charge in [-0.15, -0.1) is 0 Å². The average Bonchev–Trinajstić information content (AvgIpc) is 2.95. The summed E-state index contributed by atoms with van der Waals surface area (Å²) in [5.74, 6) is -2.18. The Kier molecular flexibility index (Phi) is 7.48. The predicted octanol–water partition coefficient (Wildman–Crippen LogP) is 2.90. The van der Waals surface area contributed by atoms with E-state index in [0.29, 0.717) is 18.7 Å². The number of amides is 1. The minimum atomic E-state index is -0.797. The first kappa shape index (κ1) is 21.9. The van der Waals surface area contributed by atoms with Crippen molar-refractivity contribution in [1.82, 2.24) is 9.80 Å². The lowest BCUT2D eigenvalue weighted by Crippen LogP contribution is -2.36. The number of esters is 1. The summed E-state index contributed by atoms with van der Waals surface area (Å²) in [5, 5.41) is 2.50. The minimum Gasteiger partial charge on any atom is -0.465 e. The van der Waals surface area contributed by atoms with E-state index in [4.69, 9.17) is 4.74 Å². The van der Waals surface area contributed by atoms with Gasteiger partial charge in [0, 0.05) is 25.7 Å². The van der Waals surface area contributed by atoms with Crippen LogP contribution in [0.2, 0.25) is 0 Å². The zero-order valence-corrected chi connectivity index (χ0v) is 16.9. The van der Waals surface area contributed by atoms with Crippen LogP contribution in [-0.4, -0.2) is 61.5 Å². The van der Waals surface area contributed by atoms with Gasteiger partial charge in [-0.25, -0.2) is 13.6 Å². The van der Waals surface area contributed by atoms with E-state index in [1.807, 2.05) is 23.1 Å². The van der Waals surface area contributed by atoms with Gasteiger partial charge in [0.05, 0.1) is 24.9 Å². The quantitative estimate of drug-likeness (QED) is 0.733. The van der Waals surface area contributed by atoms with Gasteiger partial charge < -0.3 is 10.1 Å². The van der Waals surface area contributed by atoms with Crippen molar-refractivity contribution in [3.63, 3.8) is 0 Å². The van der Waals surface area contributed by atoms with Crippen molar-refractivity contribution in [1.29, 1.82) is 0 Å². The van der Waals surface area contributed by atoms with E-state index in [1.165, 1.54) is 13.2 Å². The van der Waals surface area contributed by atoms with E-state index in [2.05, 4.69) is 10.2 Å². The van der Waals surface area contributed by atoms with Gasteiger partial charge in [0.2, 0.25) is 5.91 Å². The molecule has 0 unspecified atom stereocenters. The summed E-state index contributed by atoms with van der Waals surface area (Å²) in [6.45, 7) is 3.71. The molecule has 2 aromatic rings. The number of rotatable bonds is 6. The summed E-state index contributed by atoms with van der Waals surface area (Å²) < 4.78 is 31.6. The Morgan fingerprint density at radius 1 is 1.03 bits per heavy atom. The standard InChI is InChI=1S/C22H25F2N3O3/c1-30-22(29)18-6-3-2-5-16(18)14-26-9-4-10-27(12-11-26)15-21(28)25-20-8-7-17(23)13-19(20)24/h2-3,5-8,13H,4,9-12,14-15H2,1H3,(H,25,28). The second-order valence-corrected chi connectivity index (χ2v) is 7.23. The highest BCUT2D eigenvalue weighted by atomic mass is 19.1. The van der Waals surface area contributed by atoms with Crippen LogP contribution < -0.4 is 5.32 Å². The fourth-order valence-electron chi connectivity index (χ4n) is 3.53. The van der Waals surface area contributed by atoms with Crippen LogP contribution in [0.15, 0.2) is 42.5 Å². The van der Waals surface area contributed by atoms with Gasteiger partial charge >= 0.3 is 5.97 Å². The molecule has 0 atom stereocenters. The molecule has 1 aliphatic heterocycles. The van der Waals surface area contributed by atoms with Gasteiger partial charge in [0.1, 0.15) is 11.6 Å². The molecule has 1 N–H and O–H groups in total. The first-order valence-corrected chi connectivity index (χ1v) is 9.82. The molecule has 160 valence electrons. The number of benzene rings is 2. The van der Waals surface area contributed by atoms with Gasteiger partial charge in [-0.3, -0.25) is 14.6 Å². The number of nitrogens with one attached hydrogen (secondary N) is 1. The normalized spacial score (nSPS) is 15.4. The van der Waals surface area contributed by atoms with Crippen LogP contribution in [0.4, 0.5) is 14.5 Å². The highest BCUT2D eigenvalue weighted by molar-refractivity contribution is 5.92. The molecule has 3 rings (SSSR count). The molecule has 1 aliphatic rings. The van der Waals surface area contributed by atoms with Crippen molar-refractivity contribution in [2.24, 2.45) is 0 Å². The maximum atomic E-state index is 13.7. The smallest absolute Gasteiger partial charge is 0.338 e. The lowest BCUT2D eigenvalue weighted by Gasteiger charge is -2.22. The first-order valence-electron chi connectivity index (χ1n) is 9.82. The summed E-state index contributed by atoms with van der Waals surface area (Å²) in [6, 6.07) is 10.4. The molecule has 0 aromatic heterocycles. The number of anilines is 1. The molecule has 1 saturated heterocycles. The van der Waals surface area contributed by atoms with Crippen LogP contribution >= 0.6 is 0 Å².